The third-order valence-electron chi connectivity index (χ3n) is 5.30. The summed E-state index contributed by atoms with van der Waals surface area (Å²) in [6.07, 6.45) is 0.645. The topological polar surface area (TPSA) is 91.7 Å². The van der Waals surface area contributed by atoms with Crippen LogP contribution in [0.3, 0.4) is 0 Å². The minimum atomic E-state index is -0.161. The fourth-order valence-corrected chi connectivity index (χ4v) is 5.11. The number of thiophene rings is 1. The van der Waals surface area contributed by atoms with E-state index in [1.165, 1.54) is 23.1 Å². The molecule has 35 heavy (non-hydrogen) atoms. The first kappa shape index (κ1) is 24.6. The fraction of sp³-hybridized carbons (Fsp3) is 0.240. The van der Waals surface area contributed by atoms with Crippen LogP contribution in [0.15, 0.2) is 63.9 Å². The molecule has 0 aliphatic carbocycles. The highest BCUT2D eigenvalue weighted by atomic mass is 32.2. The number of amides is 1. The number of rotatable bonds is 10. The van der Waals surface area contributed by atoms with Crippen LogP contribution in [-0.4, -0.2) is 49.1 Å². The van der Waals surface area contributed by atoms with Crippen molar-refractivity contribution in [2.45, 2.75) is 11.6 Å². The van der Waals surface area contributed by atoms with Crippen LogP contribution in [0.25, 0.3) is 15.9 Å². The smallest absolute Gasteiger partial charge is 0.276 e. The predicted octanol–water partition coefficient (Wildman–Crippen LogP) is 3.92. The molecule has 4 rings (SSSR count). The van der Waals surface area contributed by atoms with Crippen molar-refractivity contribution in [1.82, 2.24) is 14.9 Å². The summed E-state index contributed by atoms with van der Waals surface area (Å²) in [7, 11) is 4.77. The van der Waals surface area contributed by atoms with Crippen LogP contribution in [0.2, 0.25) is 0 Å². The fourth-order valence-electron chi connectivity index (χ4n) is 3.51. The van der Waals surface area contributed by atoms with Crippen molar-refractivity contribution in [3.8, 4) is 22.9 Å². The number of nitrogens with zero attached hydrogens (tertiary/aromatic N) is 2. The first-order valence-corrected chi connectivity index (χ1v) is 12.7. The second-order valence-electron chi connectivity index (χ2n) is 7.45. The Kier molecular flexibility index (Phi) is 7.94. The van der Waals surface area contributed by atoms with Gasteiger partial charge < -0.3 is 19.5 Å². The van der Waals surface area contributed by atoms with Gasteiger partial charge in [-0.1, -0.05) is 17.8 Å². The molecule has 8 nitrogen and oxygen atoms in total. The number of aromatic nitrogens is 2. The number of ether oxygens (including phenoxy) is 3. The number of hydrogen-bond acceptors (Lipinski definition) is 8. The second-order valence-corrected chi connectivity index (χ2v) is 9.30. The van der Waals surface area contributed by atoms with Gasteiger partial charge >= 0.3 is 0 Å². The Morgan fingerprint density at radius 3 is 2.51 bits per heavy atom. The van der Waals surface area contributed by atoms with Crippen molar-refractivity contribution >= 4 is 39.2 Å². The van der Waals surface area contributed by atoms with Gasteiger partial charge in [0.25, 0.3) is 5.56 Å². The maximum atomic E-state index is 13.2. The average Bonchev–Trinajstić information content (AvgIpc) is 3.36. The molecule has 2 heterocycles. The third kappa shape index (κ3) is 5.60. The molecule has 0 aliphatic rings. The van der Waals surface area contributed by atoms with E-state index >= 15 is 0 Å². The third-order valence-corrected chi connectivity index (χ3v) is 7.13. The lowest BCUT2D eigenvalue weighted by molar-refractivity contribution is -0.118. The van der Waals surface area contributed by atoms with Crippen molar-refractivity contribution in [3.63, 3.8) is 0 Å². The minimum Gasteiger partial charge on any atom is -0.497 e. The Bertz CT molecular complexity index is 1380. The number of fused-ring (bicyclic) bond motifs is 1. The van der Waals surface area contributed by atoms with E-state index in [1.54, 1.807) is 50.2 Å². The zero-order valence-corrected chi connectivity index (χ0v) is 21.2. The van der Waals surface area contributed by atoms with Gasteiger partial charge in [0, 0.05) is 6.54 Å². The molecular formula is C25H25N3O5S2. The average molecular weight is 512 g/mol. The Morgan fingerprint density at radius 2 is 1.80 bits per heavy atom. The van der Waals surface area contributed by atoms with Crippen LogP contribution < -0.4 is 25.1 Å². The van der Waals surface area contributed by atoms with Gasteiger partial charge in [0.1, 0.15) is 10.4 Å². The monoisotopic (exact) mass is 511 g/mol. The first-order chi connectivity index (χ1) is 17.0. The van der Waals surface area contributed by atoms with Gasteiger partial charge in [-0.25, -0.2) is 4.98 Å². The highest BCUT2D eigenvalue weighted by Gasteiger charge is 2.16. The summed E-state index contributed by atoms with van der Waals surface area (Å²) < 4.78 is 17.9. The van der Waals surface area contributed by atoms with Gasteiger partial charge in [-0.3, -0.25) is 14.2 Å². The zero-order chi connectivity index (χ0) is 24.8. The molecule has 0 bridgehead atoms. The number of hydrogen-bond donors (Lipinski definition) is 1. The van der Waals surface area contributed by atoms with E-state index in [4.69, 9.17) is 14.2 Å². The summed E-state index contributed by atoms with van der Waals surface area (Å²) in [6, 6.07) is 14.7. The quantitative estimate of drug-likeness (QED) is 0.255. The maximum Gasteiger partial charge on any atom is 0.276 e. The van der Waals surface area contributed by atoms with E-state index in [0.29, 0.717) is 51.3 Å². The Morgan fingerprint density at radius 1 is 1.03 bits per heavy atom. The standard InChI is InChI=1S/C25H25N3O5S2/c1-31-18-7-5-17(6-8-18)28-24(30)23-19(11-13-34-23)27-25(28)35-15-22(29)26-12-10-16-4-9-20(32-2)21(14-16)33-3/h4-9,11,13-14H,10,12,15H2,1-3H3,(H,26,29). The van der Waals surface area contributed by atoms with Crippen molar-refractivity contribution in [3.05, 3.63) is 69.8 Å². The SMILES string of the molecule is COc1ccc(-n2c(SCC(=O)NCCc3ccc(OC)c(OC)c3)nc3ccsc3c2=O)cc1. The number of carbonyl (C=O) groups is 1. The van der Waals surface area contributed by atoms with E-state index in [9.17, 15) is 9.59 Å². The Hall–Kier alpha value is -3.50. The normalized spacial score (nSPS) is 10.8. The highest BCUT2D eigenvalue weighted by molar-refractivity contribution is 7.99. The van der Waals surface area contributed by atoms with Crippen LogP contribution >= 0.6 is 23.1 Å². The number of methoxy groups -OCH3 is 3. The Balaban J connectivity index is 1.44. The summed E-state index contributed by atoms with van der Waals surface area (Å²) in [4.78, 5) is 30.4. The number of thioether (sulfide) groups is 1. The van der Waals surface area contributed by atoms with E-state index in [0.717, 1.165) is 5.56 Å². The van der Waals surface area contributed by atoms with Gasteiger partial charge in [0.15, 0.2) is 16.7 Å². The molecule has 2 aromatic heterocycles. The van der Waals surface area contributed by atoms with Crippen LogP contribution in [0.1, 0.15) is 5.56 Å². The molecule has 0 saturated carbocycles. The van der Waals surface area contributed by atoms with Crippen LogP contribution in [-0.2, 0) is 11.2 Å². The van der Waals surface area contributed by atoms with Crippen molar-refractivity contribution in [1.29, 1.82) is 0 Å². The van der Waals surface area contributed by atoms with E-state index in [1.807, 2.05) is 29.6 Å². The van der Waals surface area contributed by atoms with Crippen LogP contribution in [0.5, 0.6) is 17.2 Å². The van der Waals surface area contributed by atoms with Crippen molar-refractivity contribution in [2.75, 3.05) is 33.6 Å². The minimum absolute atomic E-state index is 0.129. The van der Waals surface area contributed by atoms with Gasteiger partial charge in [-0.2, -0.15) is 0 Å². The predicted molar refractivity (Wildman–Crippen MR) is 139 cm³/mol. The molecule has 4 aromatic rings. The van der Waals surface area contributed by atoms with E-state index in [2.05, 4.69) is 10.3 Å². The largest absolute Gasteiger partial charge is 0.497 e. The summed E-state index contributed by atoms with van der Waals surface area (Å²) >= 11 is 2.58. The van der Waals surface area contributed by atoms with E-state index < -0.39 is 0 Å². The zero-order valence-electron chi connectivity index (χ0n) is 19.6. The van der Waals surface area contributed by atoms with Gasteiger partial charge in [-0.15, -0.1) is 11.3 Å². The lowest BCUT2D eigenvalue weighted by Gasteiger charge is -2.13. The van der Waals surface area contributed by atoms with E-state index in [-0.39, 0.29) is 17.2 Å². The number of carbonyl (C=O) groups excluding carboxylic acids is 1. The Labute approximate surface area is 210 Å². The maximum absolute atomic E-state index is 13.2. The molecule has 0 radical (unpaired) electrons. The molecule has 1 N–H and O–H groups in total. The molecule has 2 aromatic carbocycles. The molecular weight excluding hydrogens is 486 g/mol. The summed E-state index contributed by atoms with van der Waals surface area (Å²) in [5.74, 6) is 1.99. The van der Waals surface area contributed by atoms with Gasteiger partial charge in [0.05, 0.1) is 38.3 Å². The molecule has 0 unspecified atom stereocenters. The first-order valence-electron chi connectivity index (χ1n) is 10.8. The molecule has 10 heteroatoms. The van der Waals surface area contributed by atoms with Gasteiger partial charge in [0.2, 0.25) is 5.91 Å². The summed E-state index contributed by atoms with van der Waals surface area (Å²) in [5.41, 5.74) is 2.15. The van der Waals surface area contributed by atoms with Crippen LogP contribution in [0.4, 0.5) is 0 Å². The molecule has 0 spiro atoms. The second kappa shape index (κ2) is 11.3. The molecule has 0 saturated heterocycles. The van der Waals surface area contributed by atoms with Gasteiger partial charge in [-0.05, 0) is 59.8 Å². The van der Waals surface area contributed by atoms with Crippen molar-refractivity contribution < 1.29 is 19.0 Å². The van der Waals surface area contributed by atoms with Crippen LogP contribution in [0, 0.1) is 0 Å². The summed E-state index contributed by atoms with van der Waals surface area (Å²) in [5, 5.41) is 5.23. The van der Waals surface area contributed by atoms with Crippen molar-refractivity contribution in [2.24, 2.45) is 0 Å². The number of benzene rings is 2. The number of nitrogens with one attached hydrogen (secondary N) is 1. The summed E-state index contributed by atoms with van der Waals surface area (Å²) in [6.45, 7) is 0.469. The molecule has 1 amide bonds. The lowest BCUT2D eigenvalue weighted by atomic mass is 10.1. The molecule has 0 fully saturated rings. The molecule has 182 valence electrons. The lowest BCUT2D eigenvalue weighted by Crippen LogP contribution is -2.28. The highest BCUT2D eigenvalue weighted by Crippen LogP contribution is 2.28. The molecule has 0 aliphatic heterocycles. The molecule has 0 atom stereocenters.